The zero-order chi connectivity index (χ0) is 13.8. The number of rotatable bonds is 2. The van der Waals surface area contributed by atoms with Gasteiger partial charge in [-0.05, 0) is 24.5 Å². The fourth-order valence-electron chi connectivity index (χ4n) is 0.965. The monoisotopic (exact) mass is 267 g/mol. The fourth-order valence-corrected chi connectivity index (χ4v) is 1.63. The van der Waals surface area contributed by atoms with Crippen molar-refractivity contribution in [2.24, 2.45) is 0 Å². The second kappa shape index (κ2) is 5.88. The molecule has 18 heavy (non-hydrogen) atoms. The average molecular weight is 267 g/mol. The zero-order valence-corrected chi connectivity index (χ0v) is 11.8. The number of carboxylic acid groups (broad SMARTS) is 1. The Kier molecular flexibility index (Phi) is 4.75. The standard InChI is InChI=1S/C7H4N2O2S.C5H14N/c10-7(11)4-2-1-3-5-6(4)12-9-8-5;1-5-6(2,3)4/h1-3H,(H,10,11);5H2,1-4H3/q;+1/p-1. The molecule has 0 spiro atoms. The summed E-state index contributed by atoms with van der Waals surface area (Å²) in [4.78, 5) is 10.6. The van der Waals surface area contributed by atoms with Gasteiger partial charge >= 0.3 is 0 Å². The number of aromatic carboxylic acids is 1. The molecule has 0 radical (unpaired) electrons. The minimum Gasteiger partial charge on any atom is -0.545 e. The molecule has 0 saturated heterocycles. The fraction of sp³-hybridized carbons (Fsp3) is 0.417. The Labute approximate surface area is 110 Å². The summed E-state index contributed by atoms with van der Waals surface area (Å²) in [6.07, 6.45) is 0. The van der Waals surface area contributed by atoms with Gasteiger partial charge in [0.25, 0.3) is 0 Å². The van der Waals surface area contributed by atoms with Crippen LogP contribution in [0.1, 0.15) is 17.3 Å². The van der Waals surface area contributed by atoms with Crippen LogP contribution in [0.5, 0.6) is 0 Å². The lowest BCUT2D eigenvalue weighted by Gasteiger charge is -2.20. The van der Waals surface area contributed by atoms with Gasteiger partial charge in [-0.2, -0.15) is 0 Å². The molecular weight excluding hydrogens is 250 g/mol. The SMILES string of the molecule is CC[N+](C)(C)C.O=C([O-])c1cccc2nnsc12. The van der Waals surface area contributed by atoms with Crippen molar-refractivity contribution in [3.05, 3.63) is 23.8 Å². The maximum atomic E-state index is 10.6. The first-order valence-corrected chi connectivity index (χ1v) is 6.35. The predicted molar refractivity (Wildman–Crippen MR) is 70.3 cm³/mol. The Balaban J connectivity index is 0.000000232. The van der Waals surface area contributed by atoms with Crippen molar-refractivity contribution in [1.29, 1.82) is 0 Å². The van der Waals surface area contributed by atoms with Gasteiger partial charge in [-0.1, -0.05) is 16.6 Å². The van der Waals surface area contributed by atoms with Crippen LogP contribution in [0, 0.1) is 0 Å². The summed E-state index contributed by atoms with van der Waals surface area (Å²) in [6.45, 7) is 3.39. The second-order valence-electron chi connectivity index (χ2n) is 4.82. The first-order valence-electron chi connectivity index (χ1n) is 5.58. The number of fused-ring (bicyclic) bond motifs is 1. The van der Waals surface area contributed by atoms with Gasteiger partial charge in [-0.25, -0.2) is 0 Å². The van der Waals surface area contributed by atoms with Crippen molar-refractivity contribution in [2.75, 3.05) is 27.7 Å². The summed E-state index contributed by atoms with van der Waals surface area (Å²) < 4.78 is 5.28. The normalized spacial score (nSPS) is 10.9. The molecule has 0 unspecified atom stereocenters. The third-order valence-electron chi connectivity index (χ3n) is 2.44. The van der Waals surface area contributed by atoms with Crippen LogP contribution in [-0.4, -0.2) is 47.7 Å². The molecule has 1 heterocycles. The van der Waals surface area contributed by atoms with E-state index in [-0.39, 0.29) is 5.56 Å². The van der Waals surface area contributed by atoms with Crippen LogP contribution in [0.2, 0.25) is 0 Å². The van der Waals surface area contributed by atoms with Crippen molar-refractivity contribution in [2.45, 2.75) is 6.92 Å². The van der Waals surface area contributed by atoms with Crippen molar-refractivity contribution in [1.82, 2.24) is 9.59 Å². The molecule has 0 bridgehead atoms. The van der Waals surface area contributed by atoms with E-state index in [0.29, 0.717) is 10.2 Å². The molecule has 98 valence electrons. The quantitative estimate of drug-likeness (QED) is 0.754. The van der Waals surface area contributed by atoms with Gasteiger partial charge in [0.05, 0.1) is 38.4 Å². The maximum absolute atomic E-state index is 10.6. The van der Waals surface area contributed by atoms with Gasteiger partial charge in [0, 0.05) is 5.56 Å². The number of hydrogen-bond acceptors (Lipinski definition) is 5. The summed E-state index contributed by atoms with van der Waals surface area (Å²) in [5, 5.41) is 14.3. The summed E-state index contributed by atoms with van der Waals surface area (Å²) >= 11 is 1.06. The maximum Gasteiger partial charge on any atom is 0.106 e. The minimum atomic E-state index is -1.19. The van der Waals surface area contributed by atoms with Crippen LogP contribution >= 0.6 is 11.5 Å². The van der Waals surface area contributed by atoms with E-state index in [2.05, 4.69) is 37.7 Å². The van der Waals surface area contributed by atoms with E-state index in [4.69, 9.17) is 0 Å². The van der Waals surface area contributed by atoms with Crippen LogP contribution in [0.25, 0.3) is 10.2 Å². The molecule has 2 rings (SSSR count). The first-order chi connectivity index (χ1) is 8.35. The van der Waals surface area contributed by atoms with Gasteiger partial charge < -0.3 is 14.4 Å². The average Bonchev–Trinajstić information content (AvgIpc) is 2.76. The number of carbonyl (C=O) groups excluding carboxylic acids is 1. The van der Waals surface area contributed by atoms with Gasteiger partial charge in [0.1, 0.15) is 5.52 Å². The Hall–Kier alpha value is -1.53. The third-order valence-corrected chi connectivity index (χ3v) is 3.22. The van der Waals surface area contributed by atoms with Gasteiger partial charge in [0.2, 0.25) is 0 Å². The smallest absolute Gasteiger partial charge is 0.106 e. The van der Waals surface area contributed by atoms with E-state index < -0.39 is 5.97 Å². The zero-order valence-electron chi connectivity index (χ0n) is 11.0. The molecule has 0 N–H and O–H groups in total. The van der Waals surface area contributed by atoms with E-state index in [1.165, 1.54) is 12.6 Å². The Morgan fingerprint density at radius 2 is 2.00 bits per heavy atom. The third kappa shape index (κ3) is 4.05. The molecular formula is C12H17N3O2S. The van der Waals surface area contributed by atoms with Gasteiger partial charge in [-0.3, -0.25) is 0 Å². The van der Waals surface area contributed by atoms with Crippen LogP contribution in [0.15, 0.2) is 18.2 Å². The molecule has 6 heteroatoms. The molecule has 0 aliphatic rings. The molecule has 0 aliphatic carbocycles. The molecule has 2 aromatic rings. The summed E-state index contributed by atoms with van der Waals surface area (Å²) in [5.41, 5.74) is 0.754. The van der Waals surface area contributed by atoms with Crippen molar-refractivity contribution >= 4 is 27.7 Å². The topological polar surface area (TPSA) is 65.9 Å². The molecule has 0 saturated carbocycles. The highest BCUT2D eigenvalue weighted by Crippen LogP contribution is 2.19. The molecule has 0 amide bonds. The number of carboxylic acids is 1. The Morgan fingerprint density at radius 3 is 2.50 bits per heavy atom. The number of nitrogens with zero attached hydrogens (tertiary/aromatic N) is 3. The van der Waals surface area contributed by atoms with Crippen LogP contribution < -0.4 is 5.11 Å². The predicted octanol–water partition coefficient (Wildman–Crippen LogP) is 0.767. The molecule has 0 fully saturated rings. The lowest BCUT2D eigenvalue weighted by molar-refractivity contribution is -0.868. The number of carbonyl (C=O) groups is 1. The van der Waals surface area contributed by atoms with Crippen molar-refractivity contribution in [3.63, 3.8) is 0 Å². The lowest BCUT2D eigenvalue weighted by atomic mass is 10.2. The number of hydrogen-bond donors (Lipinski definition) is 0. The van der Waals surface area contributed by atoms with Crippen LogP contribution in [0.3, 0.4) is 0 Å². The van der Waals surface area contributed by atoms with Crippen LogP contribution in [-0.2, 0) is 0 Å². The second-order valence-corrected chi connectivity index (χ2v) is 5.57. The highest BCUT2D eigenvalue weighted by molar-refractivity contribution is 7.13. The number of quaternary nitrogens is 1. The number of aromatic nitrogens is 2. The summed E-state index contributed by atoms with van der Waals surface area (Å²) in [5.74, 6) is -1.19. The van der Waals surface area contributed by atoms with Crippen molar-refractivity contribution in [3.8, 4) is 0 Å². The minimum absolute atomic E-state index is 0.155. The number of benzene rings is 1. The highest BCUT2D eigenvalue weighted by atomic mass is 32.1. The van der Waals surface area contributed by atoms with E-state index >= 15 is 0 Å². The lowest BCUT2D eigenvalue weighted by Crippen LogP contribution is -2.33. The molecule has 0 aliphatic heterocycles. The molecule has 5 nitrogen and oxygen atoms in total. The van der Waals surface area contributed by atoms with Crippen LogP contribution in [0.4, 0.5) is 0 Å². The van der Waals surface area contributed by atoms with E-state index in [0.717, 1.165) is 16.0 Å². The summed E-state index contributed by atoms with van der Waals surface area (Å²) in [7, 11) is 6.54. The summed E-state index contributed by atoms with van der Waals surface area (Å²) in [6, 6.07) is 4.82. The molecule has 1 aromatic carbocycles. The molecule has 1 aromatic heterocycles. The molecule has 0 atom stereocenters. The highest BCUT2D eigenvalue weighted by Gasteiger charge is 2.03. The van der Waals surface area contributed by atoms with E-state index in [1.807, 2.05) is 0 Å². The van der Waals surface area contributed by atoms with Gasteiger partial charge in [-0.15, -0.1) is 5.10 Å². The van der Waals surface area contributed by atoms with E-state index in [9.17, 15) is 9.90 Å². The Bertz CT molecular complexity index is 531. The van der Waals surface area contributed by atoms with Crippen molar-refractivity contribution < 1.29 is 14.4 Å². The van der Waals surface area contributed by atoms with E-state index in [1.54, 1.807) is 12.1 Å². The Morgan fingerprint density at radius 1 is 1.39 bits per heavy atom. The first kappa shape index (κ1) is 14.5. The van der Waals surface area contributed by atoms with Gasteiger partial charge in [0.15, 0.2) is 0 Å². The largest absolute Gasteiger partial charge is 0.545 e.